The molecule has 1 aromatic heterocycles. The molecule has 1 aromatic carbocycles. The summed E-state index contributed by atoms with van der Waals surface area (Å²) in [5, 5.41) is 10.3. The minimum Gasteiger partial charge on any atom is -0.469 e. The molecule has 1 aliphatic rings. The van der Waals surface area contributed by atoms with Crippen molar-refractivity contribution in [3.05, 3.63) is 59.5 Å². The van der Waals surface area contributed by atoms with Gasteiger partial charge in [0.15, 0.2) is 0 Å². The number of esters is 1. The van der Waals surface area contributed by atoms with E-state index < -0.39 is 29.9 Å². The van der Waals surface area contributed by atoms with Crippen molar-refractivity contribution in [2.45, 2.75) is 25.6 Å². The highest BCUT2D eigenvalue weighted by Gasteiger charge is 2.53. The minimum absolute atomic E-state index is 0.273. The summed E-state index contributed by atoms with van der Waals surface area (Å²) in [6, 6.07) is 10.4. The van der Waals surface area contributed by atoms with Crippen LogP contribution in [0.25, 0.3) is 0 Å². The van der Waals surface area contributed by atoms with Crippen molar-refractivity contribution in [2.24, 2.45) is 5.92 Å². The summed E-state index contributed by atoms with van der Waals surface area (Å²) in [5.41, 5.74) is 2.02. The molecule has 6 heteroatoms. The molecule has 1 amide bonds. The lowest BCUT2D eigenvalue weighted by atomic mass is 9.96. The minimum atomic E-state index is -1.45. The number of hydrogen-bond donors (Lipinski definition) is 1. The maximum atomic E-state index is 12.5. The Morgan fingerprint density at radius 3 is 2.58 bits per heavy atom. The number of amides is 1. The highest BCUT2D eigenvalue weighted by Crippen LogP contribution is 2.40. The van der Waals surface area contributed by atoms with E-state index in [1.54, 1.807) is 12.1 Å². The first-order valence-electron chi connectivity index (χ1n) is 7.68. The topological polar surface area (TPSA) is 80.0 Å². The van der Waals surface area contributed by atoms with Crippen LogP contribution in [0.4, 0.5) is 0 Å². The number of likely N-dealkylation sites (tertiary alicyclic amines) is 1. The Morgan fingerprint density at radius 1 is 1.29 bits per heavy atom. The molecular weight excluding hydrogens is 310 g/mol. The third-order valence-corrected chi connectivity index (χ3v) is 4.33. The van der Waals surface area contributed by atoms with E-state index >= 15 is 0 Å². The number of nitrogens with zero attached hydrogens (tertiary/aromatic N) is 1. The Morgan fingerprint density at radius 2 is 2.00 bits per heavy atom. The van der Waals surface area contributed by atoms with Crippen LogP contribution in [0.5, 0.6) is 0 Å². The van der Waals surface area contributed by atoms with Gasteiger partial charge in [-0.25, -0.2) is 0 Å². The first-order chi connectivity index (χ1) is 11.5. The van der Waals surface area contributed by atoms with Crippen LogP contribution in [0.1, 0.15) is 22.9 Å². The van der Waals surface area contributed by atoms with Gasteiger partial charge in [-0.3, -0.25) is 9.59 Å². The summed E-state index contributed by atoms with van der Waals surface area (Å²) in [4.78, 5) is 26.1. The summed E-state index contributed by atoms with van der Waals surface area (Å²) < 4.78 is 10.2. The maximum Gasteiger partial charge on any atom is 0.314 e. The smallest absolute Gasteiger partial charge is 0.314 e. The van der Waals surface area contributed by atoms with Gasteiger partial charge in [0.2, 0.25) is 0 Å². The van der Waals surface area contributed by atoms with E-state index in [9.17, 15) is 14.7 Å². The van der Waals surface area contributed by atoms with Crippen LogP contribution in [0.15, 0.2) is 47.1 Å². The SMILES string of the molecule is COC(=O)[C@@H]1C(c2ccco2)N(Cc2ccc(C)cc2)C(=O)[C@H]1O. The molecule has 3 rings (SSSR count). The lowest BCUT2D eigenvalue weighted by Gasteiger charge is -2.25. The molecule has 1 N–H and O–H groups in total. The van der Waals surface area contributed by atoms with Crippen LogP contribution in [-0.2, 0) is 20.9 Å². The van der Waals surface area contributed by atoms with E-state index in [2.05, 4.69) is 0 Å². The largest absolute Gasteiger partial charge is 0.469 e. The van der Waals surface area contributed by atoms with Gasteiger partial charge in [0.1, 0.15) is 23.8 Å². The summed E-state index contributed by atoms with van der Waals surface area (Å²) in [6.45, 7) is 2.25. The zero-order chi connectivity index (χ0) is 17.3. The van der Waals surface area contributed by atoms with Gasteiger partial charge >= 0.3 is 5.97 Å². The van der Waals surface area contributed by atoms with E-state index in [0.29, 0.717) is 5.76 Å². The molecule has 3 atom stereocenters. The number of carbonyl (C=O) groups excluding carboxylic acids is 2. The highest BCUT2D eigenvalue weighted by atomic mass is 16.5. The molecule has 2 aromatic rings. The number of furan rings is 1. The molecule has 0 bridgehead atoms. The fourth-order valence-electron chi connectivity index (χ4n) is 3.08. The summed E-state index contributed by atoms with van der Waals surface area (Å²) in [5.74, 6) is -1.71. The molecule has 1 aliphatic heterocycles. The zero-order valence-electron chi connectivity index (χ0n) is 13.5. The molecule has 0 aliphatic carbocycles. The van der Waals surface area contributed by atoms with Crippen molar-refractivity contribution in [1.82, 2.24) is 4.90 Å². The first-order valence-corrected chi connectivity index (χ1v) is 7.68. The molecule has 2 heterocycles. The maximum absolute atomic E-state index is 12.5. The van der Waals surface area contributed by atoms with E-state index in [-0.39, 0.29) is 6.54 Å². The van der Waals surface area contributed by atoms with Crippen LogP contribution in [-0.4, -0.2) is 35.1 Å². The molecule has 126 valence electrons. The van der Waals surface area contributed by atoms with Crippen molar-refractivity contribution in [3.8, 4) is 0 Å². The average Bonchev–Trinajstić information content (AvgIpc) is 3.18. The number of carbonyl (C=O) groups is 2. The molecule has 0 radical (unpaired) electrons. The Hall–Kier alpha value is -2.60. The second kappa shape index (κ2) is 6.49. The van der Waals surface area contributed by atoms with Crippen LogP contribution < -0.4 is 0 Å². The van der Waals surface area contributed by atoms with Gasteiger partial charge in [-0.05, 0) is 24.6 Å². The summed E-state index contributed by atoms with van der Waals surface area (Å²) in [7, 11) is 1.24. The van der Waals surface area contributed by atoms with Gasteiger partial charge in [0, 0.05) is 6.54 Å². The predicted octanol–water partition coefficient (Wildman–Crippen LogP) is 1.82. The molecule has 0 saturated carbocycles. The van der Waals surface area contributed by atoms with E-state index in [0.717, 1.165) is 11.1 Å². The summed E-state index contributed by atoms with van der Waals surface area (Å²) in [6.07, 6.45) is 0.0288. The van der Waals surface area contributed by atoms with E-state index in [1.807, 2.05) is 31.2 Å². The Balaban J connectivity index is 1.97. The van der Waals surface area contributed by atoms with Crippen LogP contribution in [0.3, 0.4) is 0 Å². The lowest BCUT2D eigenvalue weighted by Crippen LogP contribution is -2.30. The molecule has 1 unspecified atom stereocenters. The van der Waals surface area contributed by atoms with Crippen LogP contribution in [0.2, 0.25) is 0 Å². The second-order valence-electron chi connectivity index (χ2n) is 5.91. The molecule has 0 spiro atoms. The number of rotatable bonds is 4. The van der Waals surface area contributed by atoms with Crippen molar-refractivity contribution in [2.75, 3.05) is 7.11 Å². The van der Waals surface area contributed by atoms with Gasteiger partial charge in [0.05, 0.1) is 13.4 Å². The third-order valence-electron chi connectivity index (χ3n) is 4.33. The van der Waals surface area contributed by atoms with Gasteiger partial charge in [0.25, 0.3) is 5.91 Å². The Labute approximate surface area is 139 Å². The van der Waals surface area contributed by atoms with Crippen LogP contribution in [0, 0.1) is 12.8 Å². The molecule has 1 fully saturated rings. The number of ether oxygens (including phenoxy) is 1. The number of aliphatic hydroxyl groups excluding tert-OH is 1. The summed E-state index contributed by atoms with van der Waals surface area (Å²) >= 11 is 0. The molecule has 24 heavy (non-hydrogen) atoms. The third kappa shape index (κ3) is 2.80. The number of hydrogen-bond acceptors (Lipinski definition) is 5. The Bertz CT molecular complexity index is 722. The molecule has 6 nitrogen and oxygen atoms in total. The van der Waals surface area contributed by atoms with Crippen molar-refractivity contribution in [1.29, 1.82) is 0 Å². The van der Waals surface area contributed by atoms with Gasteiger partial charge in [-0.2, -0.15) is 0 Å². The Kier molecular flexibility index (Phi) is 4.40. The number of aliphatic hydroxyl groups is 1. The van der Waals surface area contributed by atoms with E-state index in [1.165, 1.54) is 18.3 Å². The lowest BCUT2D eigenvalue weighted by molar-refractivity contribution is -0.150. The van der Waals surface area contributed by atoms with Gasteiger partial charge in [-0.15, -0.1) is 0 Å². The standard InChI is InChI=1S/C18H19NO5/c1-11-5-7-12(8-6-11)10-19-15(13-4-3-9-24-13)14(18(22)23-2)16(20)17(19)21/h3-9,14-16,20H,10H2,1-2H3/t14-,15?,16+/m1/s1. The number of methoxy groups -OCH3 is 1. The van der Waals surface area contributed by atoms with Crippen molar-refractivity contribution in [3.63, 3.8) is 0 Å². The van der Waals surface area contributed by atoms with Crippen LogP contribution >= 0.6 is 0 Å². The quantitative estimate of drug-likeness (QED) is 0.866. The monoisotopic (exact) mass is 329 g/mol. The van der Waals surface area contributed by atoms with Crippen molar-refractivity contribution < 1.29 is 23.8 Å². The highest BCUT2D eigenvalue weighted by molar-refractivity contribution is 5.91. The average molecular weight is 329 g/mol. The van der Waals surface area contributed by atoms with Crippen molar-refractivity contribution >= 4 is 11.9 Å². The number of benzene rings is 1. The molecule has 1 saturated heterocycles. The van der Waals surface area contributed by atoms with Gasteiger partial charge in [-0.1, -0.05) is 29.8 Å². The zero-order valence-corrected chi connectivity index (χ0v) is 13.5. The normalized spacial score (nSPS) is 23.5. The predicted molar refractivity (Wildman–Crippen MR) is 84.7 cm³/mol. The fourth-order valence-corrected chi connectivity index (χ4v) is 3.08. The number of aryl methyl sites for hydroxylation is 1. The fraction of sp³-hybridized carbons (Fsp3) is 0.333. The first kappa shape index (κ1) is 16.3. The van der Waals surface area contributed by atoms with Gasteiger partial charge < -0.3 is 19.2 Å². The molecular formula is C18H19NO5. The second-order valence-corrected chi connectivity index (χ2v) is 5.91. The van der Waals surface area contributed by atoms with E-state index in [4.69, 9.17) is 9.15 Å².